The van der Waals surface area contributed by atoms with Crippen molar-refractivity contribution < 1.29 is 8.42 Å². The van der Waals surface area contributed by atoms with Crippen LogP contribution >= 0.6 is 0 Å². The van der Waals surface area contributed by atoms with E-state index in [1.54, 1.807) is 6.33 Å². The van der Waals surface area contributed by atoms with Crippen LogP contribution in [0.2, 0.25) is 0 Å². The molecule has 1 aliphatic rings. The third-order valence-corrected chi connectivity index (χ3v) is 8.23. The van der Waals surface area contributed by atoms with Crippen molar-refractivity contribution in [1.29, 1.82) is 0 Å². The maximum atomic E-state index is 11.4. The molecule has 0 amide bonds. The largest absolute Gasteiger partial charge is 0.313 e. The van der Waals surface area contributed by atoms with Gasteiger partial charge in [-0.1, -0.05) is 13.8 Å². The van der Waals surface area contributed by atoms with Gasteiger partial charge in [0.2, 0.25) is 0 Å². The Morgan fingerprint density at radius 3 is 2.66 bits per heavy atom. The highest BCUT2D eigenvalue weighted by Crippen LogP contribution is 2.39. The molecule has 8 nitrogen and oxygen atoms in total. The van der Waals surface area contributed by atoms with Crippen LogP contribution in [0.3, 0.4) is 0 Å². The maximum Gasteiger partial charge on any atom is 0.158 e. The number of benzene rings is 1. The van der Waals surface area contributed by atoms with E-state index < -0.39 is 9.84 Å². The molecular weight excluding hydrogens is 460 g/mol. The second-order valence-electron chi connectivity index (χ2n) is 10.3. The molecule has 0 bridgehead atoms. The molecule has 4 aromatic rings. The lowest BCUT2D eigenvalue weighted by atomic mass is 9.82. The maximum absolute atomic E-state index is 11.4. The average Bonchev–Trinajstić information content (AvgIpc) is 3.45. The Hall–Kier alpha value is -2.78. The van der Waals surface area contributed by atoms with Gasteiger partial charge >= 0.3 is 0 Å². The van der Waals surface area contributed by atoms with Gasteiger partial charge in [-0.15, -0.1) is 0 Å². The Morgan fingerprint density at radius 2 is 1.94 bits per heavy atom. The van der Waals surface area contributed by atoms with Crippen molar-refractivity contribution >= 4 is 26.4 Å². The summed E-state index contributed by atoms with van der Waals surface area (Å²) >= 11 is 0. The number of nitrogens with zero attached hydrogens (tertiary/aromatic N) is 4. The molecule has 0 saturated heterocycles. The smallest absolute Gasteiger partial charge is 0.158 e. The number of aromatic amines is 1. The minimum absolute atomic E-state index is 0.196. The van der Waals surface area contributed by atoms with Crippen LogP contribution in [0.15, 0.2) is 30.7 Å². The van der Waals surface area contributed by atoms with E-state index in [1.165, 1.54) is 28.5 Å². The van der Waals surface area contributed by atoms with Gasteiger partial charge < -0.3 is 5.32 Å². The second-order valence-corrected chi connectivity index (χ2v) is 12.6. The predicted octanol–water partition coefficient (Wildman–Crippen LogP) is 4.36. The Bertz CT molecular complexity index is 1460. The Balaban J connectivity index is 1.41. The van der Waals surface area contributed by atoms with Gasteiger partial charge in [0.15, 0.2) is 5.65 Å². The molecule has 1 fully saturated rings. The summed E-state index contributed by atoms with van der Waals surface area (Å²) in [6.45, 7) is 7.07. The van der Waals surface area contributed by atoms with Crippen molar-refractivity contribution in [2.75, 3.05) is 18.6 Å². The normalized spacial score (nSPS) is 19.2. The van der Waals surface area contributed by atoms with E-state index >= 15 is 0 Å². The summed E-state index contributed by atoms with van der Waals surface area (Å²) in [7, 11) is -2.92. The topological polar surface area (TPSA) is 105 Å². The van der Waals surface area contributed by atoms with Crippen LogP contribution in [0.4, 0.5) is 0 Å². The zero-order chi connectivity index (χ0) is 24.7. The molecule has 3 heterocycles. The molecule has 1 aliphatic carbocycles. The summed E-state index contributed by atoms with van der Waals surface area (Å²) in [6, 6.07) is 7.10. The predicted molar refractivity (Wildman–Crippen MR) is 140 cm³/mol. The van der Waals surface area contributed by atoms with Crippen molar-refractivity contribution in [2.24, 2.45) is 0 Å². The summed E-state index contributed by atoms with van der Waals surface area (Å²) in [6.07, 6.45) is 9.15. The van der Waals surface area contributed by atoms with Crippen LogP contribution in [0, 0.1) is 6.92 Å². The zero-order valence-corrected chi connectivity index (χ0v) is 21.7. The molecule has 1 aromatic carbocycles. The molecule has 2 N–H and O–H groups in total. The molecule has 0 atom stereocenters. The molecule has 0 radical (unpaired) electrons. The molecule has 0 unspecified atom stereocenters. The first-order chi connectivity index (χ1) is 16.7. The van der Waals surface area contributed by atoms with E-state index in [2.05, 4.69) is 59.5 Å². The second kappa shape index (κ2) is 9.35. The van der Waals surface area contributed by atoms with E-state index in [0.29, 0.717) is 24.4 Å². The van der Waals surface area contributed by atoms with Gasteiger partial charge in [0.1, 0.15) is 16.2 Å². The first-order valence-electron chi connectivity index (χ1n) is 12.4. The van der Waals surface area contributed by atoms with E-state index in [4.69, 9.17) is 5.10 Å². The minimum atomic E-state index is -2.92. The number of aryl methyl sites for hydroxylation is 1. The van der Waals surface area contributed by atoms with Crippen molar-refractivity contribution in [2.45, 2.75) is 64.3 Å². The molecule has 186 valence electrons. The Morgan fingerprint density at radius 1 is 1.17 bits per heavy atom. The summed E-state index contributed by atoms with van der Waals surface area (Å²) < 4.78 is 24.6. The summed E-state index contributed by atoms with van der Waals surface area (Å²) in [5, 5.41) is 17.1. The van der Waals surface area contributed by atoms with Gasteiger partial charge in [0.25, 0.3) is 0 Å². The lowest BCUT2D eigenvalue weighted by molar-refractivity contribution is 0.345. The molecular formula is C26H34N6O2S. The fraction of sp³-hybridized carbons (Fsp3) is 0.500. The zero-order valence-electron chi connectivity index (χ0n) is 20.9. The van der Waals surface area contributed by atoms with Gasteiger partial charge in [-0.3, -0.25) is 5.10 Å². The number of sulfone groups is 1. The Labute approximate surface area is 206 Å². The van der Waals surface area contributed by atoms with Crippen LogP contribution in [0.5, 0.6) is 0 Å². The van der Waals surface area contributed by atoms with Gasteiger partial charge in [-0.05, 0) is 73.4 Å². The lowest BCUT2D eigenvalue weighted by Gasteiger charge is -2.29. The van der Waals surface area contributed by atoms with Crippen molar-refractivity contribution in [3.63, 3.8) is 0 Å². The number of hydrogen-bond acceptors (Lipinski definition) is 6. The molecule has 5 rings (SSSR count). The van der Waals surface area contributed by atoms with Crippen LogP contribution in [-0.4, -0.2) is 57.8 Å². The van der Waals surface area contributed by atoms with Crippen molar-refractivity contribution in [3.05, 3.63) is 47.5 Å². The Kier molecular flexibility index (Phi) is 6.40. The summed E-state index contributed by atoms with van der Waals surface area (Å²) in [5.41, 5.74) is 7.80. The number of pyridine rings is 1. The minimum Gasteiger partial charge on any atom is -0.313 e. The van der Waals surface area contributed by atoms with Crippen molar-refractivity contribution in [1.82, 2.24) is 30.1 Å². The standard InChI is InChI=1S/C26H34N6O2S/c1-16(2)21-12-23-24(13-22(21)19-11-17(3)26-28-15-29-32(26)14-19)30-31-25(23)18-5-7-20(8-6-18)27-9-10-35(4,33)34/h11-16,18,20,27H,5-10H2,1-4H3,(H,30,31). The summed E-state index contributed by atoms with van der Waals surface area (Å²) in [4.78, 5) is 4.35. The molecule has 35 heavy (non-hydrogen) atoms. The van der Waals surface area contributed by atoms with E-state index in [-0.39, 0.29) is 5.75 Å². The number of fused-ring (bicyclic) bond motifs is 2. The van der Waals surface area contributed by atoms with Crippen LogP contribution in [-0.2, 0) is 9.84 Å². The fourth-order valence-corrected chi connectivity index (χ4v) is 5.90. The van der Waals surface area contributed by atoms with Crippen LogP contribution in [0.25, 0.3) is 27.7 Å². The first kappa shape index (κ1) is 23.9. The number of nitrogens with one attached hydrogen (secondary N) is 2. The number of aromatic nitrogens is 5. The molecule has 9 heteroatoms. The van der Waals surface area contributed by atoms with Gasteiger partial charge in [-0.2, -0.15) is 10.2 Å². The van der Waals surface area contributed by atoms with Crippen molar-refractivity contribution in [3.8, 4) is 11.1 Å². The highest BCUT2D eigenvalue weighted by atomic mass is 32.2. The molecule has 0 spiro atoms. The van der Waals surface area contributed by atoms with Gasteiger partial charge in [0, 0.05) is 47.6 Å². The van der Waals surface area contributed by atoms with E-state index in [0.717, 1.165) is 48.0 Å². The third kappa shape index (κ3) is 4.97. The highest BCUT2D eigenvalue weighted by molar-refractivity contribution is 7.90. The lowest BCUT2D eigenvalue weighted by Crippen LogP contribution is -2.35. The third-order valence-electron chi connectivity index (χ3n) is 7.29. The number of H-pyrrole nitrogens is 1. The van der Waals surface area contributed by atoms with Gasteiger partial charge in [-0.25, -0.2) is 17.9 Å². The molecule has 3 aromatic heterocycles. The first-order valence-corrected chi connectivity index (χ1v) is 14.5. The average molecular weight is 495 g/mol. The molecule has 0 aliphatic heterocycles. The number of rotatable bonds is 7. The monoisotopic (exact) mass is 494 g/mol. The number of hydrogen-bond donors (Lipinski definition) is 2. The quantitative estimate of drug-likeness (QED) is 0.395. The fourth-order valence-electron chi connectivity index (χ4n) is 5.41. The van der Waals surface area contributed by atoms with E-state index in [1.807, 2.05) is 10.7 Å². The SMILES string of the molecule is Cc1cc(-c2cc3n[nH]c(C4CCC(NCCS(C)(=O)=O)CC4)c3cc2C(C)C)cn2ncnc12. The van der Waals surface area contributed by atoms with E-state index in [9.17, 15) is 8.42 Å². The summed E-state index contributed by atoms with van der Waals surface area (Å²) in [5.74, 6) is 0.994. The van der Waals surface area contributed by atoms with Crippen LogP contribution < -0.4 is 5.32 Å². The van der Waals surface area contributed by atoms with Crippen LogP contribution in [0.1, 0.15) is 68.2 Å². The highest BCUT2D eigenvalue weighted by Gasteiger charge is 2.26. The van der Waals surface area contributed by atoms with Gasteiger partial charge in [0.05, 0.1) is 11.3 Å². The molecule has 1 saturated carbocycles.